The molecule has 1 aliphatic rings. The second-order valence-electron chi connectivity index (χ2n) is 7.25. The van der Waals surface area contributed by atoms with Gasteiger partial charge in [0.2, 0.25) is 0 Å². The highest BCUT2D eigenvalue weighted by atomic mass is 32.1. The Hall–Kier alpha value is 0.310. The summed E-state index contributed by atoms with van der Waals surface area (Å²) in [4.78, 5) is 2.68. The lowest BCUT2D eigenvalue weighted by Crippen LogP contribution is -2.44. The Bertz CT molecular complexity index is 230. The van der Waals surface area contributed by atoms with E-state index < -0.39 is 0 Å². The van der Waals surface area contributed by atoms with E-state index in [4.69, 9.17) is 0 Å². The van der Waals surface area contributed by atoms with E-state index in [1.807, 2.05) is 0 Å². The molecule has 1 aliphatic heterocycles. The Morgan fingerprint density at radius 2 is 1.61 bits per heavy atom. The maximum Gasteiger partial charge on any atom is 0.00225 e. The van der Waals surface area contributed by atoms with Crippen LogP contribution in [-0.4, -0.2) is 30.3 Å². The second-order valence-corrected chi connectivity index (χ2v) is 7.62. The predicted octanol–water partition coefficient (Wildman–Crippen LogP) is 4.48. The molecule has 1 atom stereocenters. The highest BCUT2D eigenvalue weighted by Crippen LogP contribution is 2.38. The van der Waals surface area contributed by atoms with Gasteiger partial charge < -0.3 is 4.90 Å². The van der Waals surface area contributed by atoms with Crippen LogP contribution in [0.1, 0.15) is 60.3 Å². The lowest BCUT2D eigenvalue weighted by molar-refractivity contribution is 0.0706. The van der Waals surface area contributed by atoms with E-state index in [9.17, 15) is 0 Å². The lowest BCUT2D eigenvalue weighted by atomic mass is 9.73. The molecule has 1 rings (SSSR count). The van der Waals surface area contributed by atoms with Gasteiger partial charge in [-0.05, 0) is 48.4 Å². The molecule has 1 fully saturated rings. The van der Waals surface area contributed by atoms with Crippen LogP contribution in [0.2, 0.25) is 0 Å². The molecule has 108 valence electrons. The summed E-state index contributed by atoms with van der Waals surface area (Å²) in [6.07, 6.45) is 5.49. The van der Waals surface area contributed by atoms with Gasteiger partial charge in [0.05, 0.1) is 0 Å². The summed E-state index contributed by atoms with van der Waals surface area (Å²) < 4.78 is 0. The van der Waals surface area contributed by atoms with E-state index in [0.717, 1.165) is 5.75 Å². The van der Waals surface area contributed by atoms with Crippen molar-refractivity contribution >= 4 is 12.6 Å². The molecule has 0 aromatic rings. The number of rotatable bonds is 5. The number of nitrogens with zero attached hydrogens (tertiary/aromatic N) is 1. The molecular formula is C16H33NS. The van der Waals surface area contributed by atoms with Gasteiger partial charge in [0.15, 0.2) is 0 Å². The third-order valence-electron chi connectivity index (χ3n) is 5.34. The fourth-order valence-corrected chi connectivity index (χ4v) is 3.75. The zero-order valence-corrected chi connectivity index (χ0v) is 14.0. The maximum absolute atomic E-state index is 4.55. The average molecular weight is 272 g/mol. The molecule has 0 amide bonds. The normalized spacial score (nSPS) is 23.0. The van der Waals surface area contributed by atoms with Crippen molar-refractivity contribution in [3.05, 3.63) is 0 Å². The maximum atomic E-state index is 4.55. The Morgan fingerprint density at radius 3 is 1.94 bits per heavy atom. The van der Waals surface area contributed by atoms with Crippen molar-refractivity contribution in [1.29, 1.82) is 0 Å². The monoisotopic (exact) mass is 271 g/mol. The zero-order chi connectivity index (χ0) is 13.8. The van der Waals surface area contributed by atoms with E-state index >= 15 is 0 Å². The standard InChI is InChI=1S/C16H33NS/c1-6-16(7-2)8-10-17(11-9-16)12-14(13-18)15(3,4)5/h14,18H,6-13H2,1-5H3. The van der Waals surface area contributed by atoms with Crippen molar-refractivity contribution in [2.75, 3.05) is 25.4 Å². The van der Waals surface area contributed by atoms with Gasteiger partial charge in [0.25, 0.3) is 0 Å². The first-order valence-corrected chi connectivity index (χ1v) is 8.33. The van der Waals surface area contributed by atoms with Crippen molar-refractivity contribution in [3.63, 3.8) is 0 Å². The van der Waals surface area contributed by atoms with Gasteiger partial charge in [0.1, 0.15) is 0 Å². The van der Waals surface area contributed by atoms with E-state index in [1.165, 1.54) is 45.3 Å². The summed E-state index contributed by atoms with van der Waals surface area (Å²) >= 11 is 4.55. The molecule has 0 bridgehead atoms. The summed E-state index contributed by atoms with van der Waals surface area (Å²) in [5.41, 5.74) is 1.03. The van der Waals surface area contributed by atoms with Gasteiger partial charge in [-0.3, -0.25) is 0 Å². The number of thiol groups is 1. The van der Waals surface area contributed by atoms with Crippen LogP contribution >= 0.6 is 12.6 Å². The van der Waals surface area contributed by atoms with Gasteiger partial charge in [-0.25, -0.2) is 0 Å². The molecule has 0 N–H and O–H groups in total. The summed E-state index contributed by atoms with van der Waals surface area (Å²) in [6, 6.07) is 0. The van der Waals surface area contributed by atoms with E-state index in [-0.39, 0.29) is 0 Å². The molecule has 1 heterocycles. The molecule has 0 radical (unpaired) electrons. The zero-order valence-electron chi connectivity index (χ0n) is 13.1. The van der Waals surface area contributed by atoms with Gasteiger partial charge in [-0.15, -0.1) is 0 Å². The Labute approximate surface area is 120 Å². The van der Waals surface area contributed by atoms with Gasteiger partial charge in [0, 0.05) is 6.54 Å². The second kappa shape index (κ2) is 6.65. The van der Waals surface area contributed by atoms with Gasteiger partial charge in [-0.2, -0.15) is 12.6 Å². The fraction of sp³-hybridized carbons (Fsp3) is 1.00. The van der Waals surface area contributed by atoms with Crippen LogP contribution in [0.4, 0.5) is 0 Å². The first kappa shape index (κ1) is 16.4. The van der Waals surface area contributed by atoms with Crippen LogP contribution < -0.4 is 0 Å². The smallest absolute Gasteiger partial charge is 0.00225 e. The first-order chi connectivity index (χ1) is 8.37. The third-order valence-corrected chi connectivity index (χ3v) is 5.78. The molecule has 2 heteroatoms. The van der Waals surface area contributed by atoms with Crippen LogP contribution in [0.15, 0.2) is 0 Å². The SMILES string of the molecule is CCC1(CC)CCN(CC(CS)C(C)(C)C)CC1. The summed E-state index contributed by atoms with van der Waals surface area (Å²) in [5.74, 6) is 1.71. The third kappa shape index (κ3) is 4.16. The minimum atomic E-state index is 0.381. The lowest BCUT2D eigenvalue weighted by Gasteiger charge is -2.43. The topological polar surface area (TPSA) is 3.24 Å². The number of likely N-dealkylation sites (tertiary alicyclic amines) is 1. The Morgan fingerprint density at radius 1 is 1.11 bits per heavy atom. The molecule has 0 aromatic carbocycles. The van der Waals surface area contributed by atoms with Crippen LogP contribution in [0.25, 0.3) is 0 Å². The molecule has 0 saturated carbocycles. The molecule has 1 nitrogen and oxygen atoms in total. The highest BCUT2D eigenvalue weighted by Gasteiger charge is 2.33. The largest absolute Gasteiger partial charge is 0.303 e. The molecule has 0 aliphatic carbocycles. The fourth-order valence-electron chi connectivity index (χ4n) is 3.08. The van der Waals surface area contributed by atoms with Gasteiger partial charge >= 0.3 is 0 Å². The average Bonchev–Trinajstić information content (AvgIpc) is 2.35. The first-order valence-electron chi connectivity index (χ1n) is 7.70. The van der Waals surface area contributed by atoms with Gasteiger partial charge in [-0.1, -0.05) is 47.5 Å². The van der Waals surface area contributed by atoms with E-state index in [2.05, 4.69) is 52.1 Å². The number of hydrogen-bond acceptors (Lipinski definition) is 2. The minimum Gasteiger partial charge on any atom is -0.303 e. The molecule has 1 unspecified atom stereocenters. The Balaban J connectivity index is 2.48. The molecule has 1 saturated heterocycles. The minimum absolute atomic E-state index is 0.381. The molecule has 0 aromatic heterocycles. The summed E-state index contributed by atoms with van der Waals surface area (Å²) in [6.45, 7) is 15.6. The van der Waals surface area contributed by atoms with Crippen LogP contribution in [0, 0.1) is 16.7 Å². The Kier molecular flexibility index (Phi) is 6.05. The highest BCUT2D eigenvalue weighted by molar-refractivity contribution is 7.80. The number of piperidine rings is 1. The van der Waals surface area contributed by atoms with Crippen LogP contribution in [0.3, 0.4) is 0 Å². The molecule has 0 spiro atoms. The van der Waals surface area contributed by atoms with Crippen LogP contribution in [0.5, 0.6) is 0 Å². The quantitative estimate of drug-likeness (QED) is 0.722. The van der Waals surface area contributed by atoms with Crippen LogP contribution in [-0.2, 0) is 0 Å². The number of hydrogen-bond donors (Lipinski definition) is 1. The predicted molar refractivity (Wildman–Crippen MR) is 85.5 cm³/mol. The van der Waals surface area contributed by atoms with Crippen molar-refractivity contribution in [2.45, 2.75) is 60.3 Å². The molecule has 18 heavy (non-hydrogen) atoms. The van der Waals surface area contributed by atoms with Crippen molar-refractivity contribution in [1.82, 2.24) is 4.90 Å². The van der Waals surface area contributed by atoms with E-state index in [0.29, 0.717) is 16.7 Å². The van der Waals surface area contributed by atoms with Crippen molar-refractivity contribution in [3.8, 4) is 0 Å². The van der Waals surface area contributed by atoms with Crippen molar-refractivity contribution in [2.24, 2.45) is 16.7 Å². The molecular weight excluding hydrogens is 238 g/mol. The van der Waals surface area contributed by atoms with E-state index in [1.54, 1.807) is 0 Å². The van der Waals surface area contributed by atoms with Crippen molar-refractivity contribution < 1.29 is 0 Å². The summed E-state index contributed by atoms with van der Waals surface area (Å²) in [7, 11) is 0. The summed E-state index contributed by atoms with van der Waals surface area (Å²) in [5, 5.41) is 0.